The van der Waals surface area contributed by atoms with Crippen LogP contribution in [-0.4, -0.2) is 33.5 Å². The Hall–Kier alpha value is -3.32. The number of nitrogens with zero attached hydrogens (tertiary/aromatic N) is 2. The number of hydrogen-bond acceptors (Lipinski definition) is 3. The Morgan fingerprint density at radius 2 is 1.24 bits per heavy atom. The number of rotatable bonds is 4. The maximum atomic E-state index is 10.0. The summed E-state index contributed by atoms with van der Waals surface area (Å²) >= 11 is 2.42. The second-order valence-corrected chi connectivity index (χ2v) is 16.3. The van der Waals surface area contributed by atoms with E-state index in [0.717, 1.165) is 62.7 Å². The van der Waals surface area contributed by atoms with Crippen LogP contribution >= 0.6 is 11.8 Å². The summed E-state index contributed by atoms with van der Waals surface area (Å²) in [5.74, 6) is 2.41. The zero-order valence-corrected chi connectivity index (χ0v) is 27.5. The highest BCUT2D eigenvalue weighted by atomic mass is 32.2. The maximum absolute atomic E-state index is 10.0. The van der Waals surface area contributed by atoms with Crippen molar-refractivity contribution >= 4 is 11.8 Å². The zero-order chi connectivity index (χ0) is 30.6. The van der Waals surface area contributed by atoms with Crippen LogP contribution in [0.15, 0.2) is 97.1 Å². The Kier molecular flexibility index (Phi) is 7.56. The van der Waals surface area contributed by atoms with Crippen molar-refractivity contribution in [1.82, 2.24) is 4.90 Å². The summed E-state index contributed by atoms with van der Waals surface area (Å²) in [7, 11) is 0. The number of thioether (sulfide) groups is 1. The van der Waals surface area contributed by atoms with Crippen LogP contribution in [0.25, 0.3) is 33.4 Å². The van der Waals surface area contributed by atoms with Crippen LogP contribution in [0.4, 0.5) is 0 Å². The van der Waals surface area contributed by atoms with Crippen LogP contribution in [0.5, 0.6) is 0 Å². The third-order valence-electron chi connectivity index (χ3n) is 12.4. The molecule has 3 heteroatoms. The van der Waals surface area contributed by atoms with Crippen LogP contribution in [0, 0.1) is 23.2 Å². The third kappa shape index (κ3) is 5.04. The van der Waals surface area contributed by atoms with E-state index in [4.69, 9.17) is 0 Å². The molecule has 2 saturated heterocycles. The molecule has 3 saturated carbocycles. The molecule has 0 bridgehead atoms. The molecule has 2 aliphatic heterocycles. The SMILES string of the molecule is N#Cc1cc(-c2ccc(-c3ccccc3)cc2)cc(-c2cccc(C3CC4SC5CCCCC5N5C6CCCCC6C(C3)C45)c2)c1. The summed E-state index contributed by atoms with van der Waals surface area (Å²) in [4.78, 5) is 3.17. The van der Waals surface area contributed by atoms with Gasteiger partial charge in [0, 0.05) is 28.6 Å². The van der Waals surface area contributed by atoms with Gasteiger partial charge in [-0.25, -0.2) is 0 Å². The van der Waals surface area contributed by atoms with Gasteiger partial charge in [0.25, 0.3) is 0 Å². The normalized spacial score (nSPS) is 31.7. The molecule has 8 unspecified atom stereocenters. The van der Waals surface area contributed by atoms with Crippen LogP contribution in [0.2, 0.25) is 0 Å². The molecule has 0 N–H and O–H groups in total. The van der Waals surface area contributed by atoms with Gasteiger partial charge in [0.15, 0.2) is 0 Å². The molecular weight excluding hydrogens is 577 g/mol. The quantitative estimate of drug-likeness (QED) is 0.227. The molecule has 2 nitrogen and oxygen atoms in total. The van der Waals surface area contributed by atoms with Gasteiger partial charge in [-0.3, -0.25) is 4.90 Å². The first-order chi connectivity index (χ1) is 22.7. The van der Waals surface area contributed by atoms with Crippen molar-refractivity contribution in [2.24, 2.45) is 11.8 Å². The fourth-order valence-corrected chi connectivity index (χ4v) is 12.5. The molecule has 0 aromatic heterocycles. The third-order valence-corrected chi connectivity index (χ3v) is 14.2. The molecule has 9 rings (SSSR count). The van der Waals surface area contributed by atoms with Gasteiger partial charge in [-0.05, 0) is 113 Å². The lowest BCUT2D eigenvalue weighted by molar-refractivity contribution is 0.0604. The highest BCUT2D eigenvalue weighted by molar-refractivity contribution is 8.00. The summed E-state index contributed by atoms with van der Waals surface area (Å²) in [5.41, 5.74) is 9.32. The van der Waals surface area contributed by atoms with Gasteiger partial charge in [-0.2, -0.15) is 17.0 Å². The second kappa shape index (κ2) is 12.0. The summed E-state index contributed by atoms with van der Waals surface area (Å²) in [6.45, 7) is 0. The molecule has 232 valence electrons. The minimum absolute atomic E-state index is 0.630. The van der Waals surface area contributed by atoms with Crippen LogP contribution in [-0.2, 0) is 0 Å². The topological polar surface area (TPSA) is 27.0 Å². The van der Waals surface area contributed by atoms with Crippen LogP contribution in [0.3, 0.4) is 0 Å². The summed E-state index contributed by atoms with van der Waals surface area (Å²) in [6, 6.07) is 40.1. The van der Waals surface area contributed by atoms with Crippen LogP contribution in [0.1, 0.15) is 81.3 Å². The highest BCUT2D eigenvalue weighted by Gasteiger charge is 2.60. The van der Waals surface area contributed by atoms with Crippen molar-refractivity contribution < 1.29 is 0 Å². The molecule has 0 amide bonds. The zero-order valence-electron chi connectivity index (χ0n) is 26.7. The minimum Gasteiger partial charge on any atom is -0.292 e. The van der Waals surface area contributed by atoms with Gasteiger partial charge in [-0.1, -0.05) is 105 Å². The van der Waals surface area contributed by atoms with Gasteiger partial charge < -0.3 is 0 Å². The minimum atomic E-state index is 0.630. The first-order valence-electron chi connectivity index (χ1n) is 18.0. The summed E-state index contributed by atoms with van der Waals surface area (Å²) in [5, 5.41) is 11.7. The fourth-order valence-electron chi connectivity index (χ4n) is 10.5. The lowest BCUT2D eigenvalue weighted by Gasteiger charge is -2.54. The molecule has 46 heavy (non-hydrogen) atoms. The lowest BCUT2D eigenvalue weighted by Crippen LogP contribution is -2.59. The molecule has 8 atom stereocenters. The Labute approximate surface area is 279 Å². The Morgan fingerprint density at radius 3 is 2.04 bits per heavy atom. The smallest absolute Gasteiger partial charge is 0.0992 e. The number of hydrogen-bond donors (Lipinski definition) is 0. The molecule has 0 radical (unpaired) electrons. The van der Waals surface area contributed by atoms with E-state index in [9.17, 15) is 5.26 Å². The van der Waals surface area contributed by atoms with E-state index in [0.29, 0.717) is 5.92 Å². The summed E-state index contributed by atoms with van der Waals surface area (Å²) in [6.07, 6.45) is 14.2. The predicted molar refractivity (Wildman–Crippen MR) is 192 cm³/mol. The monoisotopic (exact) mass is 620 g/mol. The Balaban J connectivity index is 1.02. The molecule has 5 fully saturated rings. The number of benzene rings is 4. The number of fused-ring (bicyclic) bond motifs is 5. The van der Waals surface area contributed by atoms with Gasteiger partial charge in [0.05, 0.1) is 11.6 Å². The van der Waals surface area contributed by atoms with Crippen molar-refractivity contribution in [3.05, 3.63) is 108 Å². The van der Waals surface area contributed by atoms with Crippen molar-refractivity contribution in [1.29, 1.82) is 5.26 Å². The van der Waals surface area contributed by atoms with E-state index < -0.39 is 0 Å². The standard InChI is InChI=1S/C43H44N2S/c44-27-28-21-34(31-19-17-30(18-20-31)29-9-2-1-3-10-29)24-35(22-28)32-11-8-12-33(23-32)36-25-38-37-13-4-5-14-39(37)45-40-15-6-7-16-41(40)46-42(26-36)43(38)45/h1-3,8-12,17-24,36-43H,4-7,13-16,25-26H2. The van der Waals surface area contributed by atoms with Gasteiger partial charge in [0.1, 0.15) is 0 Å². The Morgan fingerprint density at radius 1 is 0.565 bits per heavy atom. The first kappa shape index (κ1) is 28.9. The largest absolute Gasteiger partial charge is 0.292 e. The van der Waals surface area contributed by atoms with Crippen molar-refractivity contribution in [2.45, 2.75) is 98.8 Å². The van der Waals surface area contributed by atoms with Crippen LogP contribution < -0.4 is 0 Å². The van der Waals surface area contributed by atoms with Crippen molar-refractivity contribution in [3.8, 4) is 39.4 Å². The average molecular weight is 621 g/mol. The van der Waals surface area contributed by atoms with E-state index in [-0.39, 0.29) is 0 Å². The molecule has 2 heterocycles. The molecule has 5 aliphatic rings. The highest BCUT2D eigenvalue weighted by Crippen LogP contribution is 2.60. The van der Waals surface area contributed by atoms with E-state index >= 15 is 0 Å². The predicted octanol–water partition coefficient (Wildman–Crippen LogP) is 10.7. The molecule has 4 aromatic carbocycles. The van der Waals surface area contributed by atoms with Gasteiger partial charge >= 0.3 is 0 Å². The first-order valence-corrected chi connectivity index (χ1v) is 18.9. The van der Waals surface area contributed by atoms with Crippen molar-refractivity contribution in [3.63, 3.8) is 0 Å². The van der Waals surface area contributed by atoms with Crippen molar-refractivity contribution in [2.75, 3.05) is 0 Å². The second-order valence-electron chi connectivity index (χ2n) is 14.8. The molecule has 0 spiro atoms. The number of nitriles is 1. The lowest BCUT2D eigenvalue weighted by atomic mass is 9.68. The van der Waals surface area contributed by atoms with Gasteiger partial charge in [0.2, 0.25) is 0 Å². The maximum Gasteiger partial charge on any atom is 0.0992 e. The van der Waals surface area contributed by atoms with E-state index in [1.54, 1.807) is 0 Å². The average Bonchev–Trinajstić information content (AvgIpc) is 3.47. The fraction of sp³-hybridized carbons (Fsp3) is 0.419. The van der Waals surface area contributed by atoms with Gasteiger partial charge in [-0.15, -0.1) is 0 Å². The van der Waals surface area contributed by atoms with E-state index in [2.05, 4.69) is 114 Å². The Bertz CT molecular complexity index is 1760. The van der Waals surface area contributed by atoms with E-state index in [1.165, 1.54) is 86.5 Å². The molecule has 4 aromatic rings. The molecule has 3 aliphatic carbocycles. The summed E-state index contributed by atoms with van der Waals surface area (Å²) < 4.78 is 0. The molecular formula is C43H44N2S. The van der Waals surface area contributed by atoms with E-state index in [1.807, 2.05) is 6.07 Å².